The third kappa shape index (κ3) is 7.54. The lowest BCUT2D eigenvalue weighted by molar-refractivity contribution is -0.0961. The van der Waals surface area contributed by atoms with Gasteiger partial charge in [-0.1, -0.05) is 36.7 Å². The molecule has 2 bridgehead atoms. The van der Waals surface area contributed by atoms with E-state index in [2.05, 4.69) is 26.7 Å². The van der Waals surface area contributed by atoms with E-state index in [4.69, 9.17) is 25.8 Å². The molecule has 3 fully saturated rings. The molecule has 0 radical (unpaired) electrons. The number of cyclic esters (lactones) is 1. The zero-order chi connectivity index (χ0) is 36.6. The number of nitrogens with one attached hydrogen (secondary N) is 1. The average Bonchev–Trinajstić information content (AvgIpc) is 3.47. The summed E-state index contributed by atoms with van der Waals surface area (Å²) in [5.74, 6) is 0.218. The summed E-state index contributed by atoms with van der Waals surface area (Å²) in [7, 11) is -2.20. The van der Waals surface area contributed by atoms with Crippen LogP contribution in [-0.2, 0) is 32.5 Å². The van der Waals surface area contributed by atoms with E-state index in [1.165, 1.54) is 5.56 Å². The van der Waals surface area contributed by atoms with Crippen molar-refractivity contribution in [3.63, 3.8) is 0 Å². The lowest BCUT2D eigenvalue weighted by Crippen LogP contribution is -2.60. The van der Waals surface area contributed by atoms with E-state index in [1.54, 1.807) is 32.2 Å². The molecule has 11 nitrogen and oxygen atoms in total. The molecular weight excluding hydrogens is 704 g/mol. The Labute approximate surface area is 312 Å². The number of anilines is 1. The van der Waals surface area contributed by atoms with Crippen molar-refractivity contribution in [2.45, 2.75) is 75.9 Å². The van der Waals surface area contributed by atoms with Crippen molar-refractivity contribution in [2.75, 3.05) is 57.9 Å². The van der Waals surface area contributed by atoms with Crippen LogP contribution in [0.1, 0.15) is 67.4 Å². The first-order chi connectivity index (χ1) is 25.0. The number of carbonyl (C=O) groups excluding carboxylic acids is 2. The number of benzene rings is 2. The highest BCUT2D eigenvalue weighted by Crippen LogP contribution is 2.47. The Bertz CT molecular complexity index is 1810. The molecule has 13 heteroatoms. The largest absolute Gasteiger partial charge is 0.487 e. The Kier molecular flexibility index (Phi) is 10.8. The fourth-order valence-corrected chi connectivity index (χ4v) is 10.2. The summed E-state index contributed by atoms with van der Waals surface area (Å²) < 4.78 is 48.0. The summed E-state index contributed by atoms with van der Waals surface area (Å²) in [5, 5.41) is -0.114. The summed E-state index contributed by atoms with van der Waals surface area (Å²) in [6.45, 7) is 8.47. The van der Waals surface area contributed by atoms with E-state index < -0.39 is 26.8 Å². The number of carbonyl (C=O) groups is 2. The van der Waals surface area contributed by atoms with Crippen molar-refractivity contribution in [3.8, 4) is 5.75 Å². The molecule has 282 valence electrons. The quantitative estimate of drug-likeness (QED) is 0.397. The van der Waals surface area contributed by atoms with Gasteiger partial charge in [0, 0.05) is 57.0 Å². The van der Waals surface area contributed by atoms with Crippen molar-refractivity contribution in [1.29, 1.82) is 0 Å². The predicted octanol–water partition coefficient (Wildman–Crippen LogP) is 5.65. The van der Waals surface area contributed by atoms with Gasteiger partial charge in [0.25, 0.3) is 5.91 Å². The van der Waals surface area contributed by atoms with Crippen LogP contribution in [0.15, 0.2) is 48.6 Å². The first-order valence-corrected chi connectivity index (χ1v) is 20.6. The average molecular weight is 755 g/mol. The van der Waals surface area contributed by atoms with E-state index >= 15 is 0 Å². The van der Waals surface area contributed by atoms with Crippen molar-refractivity contribution in [2.24, 2.45) is 17.8 Å². The number of rotatable bonds is 3. The molecule has 4 heterocycles. The molecule has 0 unspecified atom stereocenters. The number of methoxy groups -OCH3 is 1. The molecule has 52 heavy (non-hydrogen) atoms. The Hall–Kier alpha value is -3.32. The molecule has 4 aliphatic heterocycles. The summed E-state index contributed by atoms with van der Waals surface area (Å²) >= 11 is 6.39. The second kappa shape index (κ2) is 15.2. The van der Waals surface area contributed by atoms with Gasteiger partial charge in [-0.25, -0.2) is 17.9 Å². The molecule has 2 aromatic carbocycles. The Morgan fingerprint density at radius 3 is 2.63 bits per heavy atom. The van der Waals surface area contributed by atoms with Crippen molar-refractivity contribution in [1.82, 2.24) is 14.5 Å². The molecule has 0 spiro atoms. The number of nitrogens with zero attached hydrogens (tertiary/aromatic N) is 3. The van der Waals surface area contributed by atoms with Crippen LogP contribution in [0.4, 0.5) is 10.5 Å². The maximum Gasteiger partial charge on any atom is 0.410 e. The van der Waals surface area contributed by atoms with E-state index in [1.807, 2.05) is 30.0 Å². The van der Waals surface area contributed by atoms with E-state index in [0.717, 1.165) is 63.0 Å². The molecule has 0 aromatic heterocycles. The second-order valence-corrected chi connectivity index (χ2v) is 17.8. The number of fused-ring (bicyclic) bond motifs is 4. The fraction of sp³-hybridized carbons (Fsp3) is 0.590. The maximum absolute atomic E-state index is 13.6. The minimum absolute atomic E-state index is 0.0230. The monoisotopic (exact) mass is 754 g/mol. The minimum Gasteiger partial charge on any atom is -0.487 e. The topological polar surface area (TPSA) is 118 Å². The molecule has 5 aliphatic rings. The van der Waals surface area contributed by atoms with E-state index in [9.17, 15) is 18.0 Å². The van der Waals surface area contributed by atoms with E-state index in [-0.39, 0.29) is 29.5 Å². The number of hydrogen-bond donors (Lipinski definition) is 1. The molecule has 2 amide bonds. The van der Waals surface area contributed by atoms with Crippen LogP contribution in [0.3, 0.4) is 0 Å². The maximum atomic E-state index is 13.6. The third-order valence-electron chi connectivity index (χ3n) is 12.2. The first-order valence-electron chi connectivity index (χ1n) is 18.7. The van der Waals surface area contributed by atoms with Crippen molar-refractivity contribution in [3.05, 3.63) is 70.3 Å². The molecule has 1 saturated carbocycles. The van der Waals surface area contributed by atoms with Crippen molar-refractivity contribution < 1.29 is 32.2 Å². The van der Waals surface area contributed by atoms with E-state index in [0.29, 0.717) is 56.0 Å². The van der Waals surface area contributed by atoms with Gasteiger partial charge >= 0.3 is 6.09 Å². The Balaban J connectivity index is 1.25. The fourth-order valence-electron chi connectivity index (χ4n) is 8.68. The summed E-state index contributed by atoms with van der Waals surface area (Å²) in [4.78, 5) is 32.4. The third-order valence-corrected chi connectivity index (χ3v) is 14.4. The number of allylic oxidation sites excluding steroid dienone is 1. The van der Waals surface area contributed by atoms with Crippen LogP contribution in [0.2, 0.25) is 5.02 Å². The van der Waals surface area contributed by atoms with Crippen LogP contribution < -0.4 is 14.4 Å². The number of ether oxygens (including phenoxy) is 3. The zero-order valence-corrected chi connectivity index (χ0v) is 32.0. The normalized spacial score (nSPS) is 31.7. The molecule has 7 rings (SSSR count). The van der Waals surface area contributed by atoms with Gasteiger partial charge in [-0.3, -0.25) is 14.6 Å². The van der Waals surface area contributed by atoms with Gasteiger partial charge in [0.1, 0.15) is 24.6 Å². The summed E-state index contributed by atoms with van der Waals surface area (Å²) in [5.41, 5.74) is 2.66. The van der Waals surface area contributed by atoms with Gasteiger partial charge < -0.3 is 19.1 Å². The number of halogens is 1. The molecule has 6 atom stereocenters. The molecule has 1 aliphatic carbocycles. The smallest absolute Gasteiger partial charge is 0.410 e. The van der Waals surface area contributed by atoms with Crippen LogP contribution in [-0.4, -0.2) is 100 Å². The lowest BCUT2D eigenvalue weighted by Gasteiger charge is -2.52. The molecule has 2 saturated heterocycles. The Morgan fingerprint density at radius 2 is 1.85 bits per heavy atom. The minimum atomic E-state index is -3.99. The van der Waals surface area contributed by atoms with Crippen LogP contribution >= 0.6 is 11.6 Å². The molecule has 1 N–H and O–H groups in total. The predicted molar refractivity (Wildman–Crippen MR) is 200 cm³/mol. The summed E-state index contributed by atoms with van der Waals surface area (Å²) in [6, 6.07) is 11.2. The van der Waals surface area contributed by atoms with Gasteiger partial charge in [0.05, 0.1) is 17.0 Å². The van der Waals surface area contributed by atoms with Gasteiger partial charge in [0.15, 0.2) is 0 Å². The zero-order valence-electron chi connectivity index (χ0n) is 30.4. The number of piperazine rings is 1. The SMILES string of the molecule is CO[C@@]1(CN2CCN3C(=O)OC[C@@H]3C2)/C=C/C[C@H](C)[C@@H](C)S(=O)(=O)NC(=O)c2ccc3c(c2)N(CCCCc2cc(Cl)ccc2CO3)C[C@@H]2CC[C@H]21. The standard InChI is InChI=1S/C39H51ClN4O7S/c1-26-7-6-15-39(49-3,25-42-17-18-44-33(22-42)24-51-38(44)46)34-13-10-30(34)21-43-16-5-4-8-28-19-32(40)12-9-31(28)23-50-36-14-11-29(20-35(36)43)37(45)41-52(47,48)27(26)2/h6,9,11-12,14-15,19-20,26-27,30,33-34H,4-5,7-8,10,13,16-18,21-25H2,1-3H3,(H,41,45)/b15-6+/t26-,27+,30-,33-,34+,39+/m0/s1. The number of hydrogen-bond acceptors (Lipinski definition) is 9. The highest BCUT2D eigenvalue weighted by molar-refractivity contribution is 7.90. The van der Waals surface area contributed by atoms with Gasteiger partial charge in [-0.2, -0.15) is 0 Å². The van der Waals surface area contributed by atoms with Gasteiger partial charge in [0.2, 0.25) is 10.0 Å². The van der Waals surface area contributed by atoms with Crippen molar-refractivity contribution >= 4 is 39.3 Å². The molecule has 2 aromatic rings. The first kappa shape index (κ1) is 37.0. The number of sulfonamides is 1. The van der Waals surface area contributed by atoms with Crippen LogP contribution in [0.25, 0.3) is 0 Å². The molecular formula is C39H51ClN4O7S. The lowest BCUT2D eigenvalue weighted by atomic mass is 9.63. The van der Waals surface area contributed by atoms with Gasteiger partial charge in [-0.15, -0.1) is 0 Å². The van der Waals surface area contributed by atoms with Crippen LogP contribution in [0, 0.1) is 17.8 Å². The highest BCUT2D eigenvalue weighted by Gasteiger charge is 2.49. The Morgan fingerprint density at radius 1 is 1.00 bits per heavy atom. The number of aryl methyl sites for hydroxylation is 1. The summed E-state index contributed by atoms with van der Waals surface area (Å²) in [6.07, 6.45) is 9.28. The number of amides is 2. The van der Waals surface area contributed by atoms with Crippen LogP contribution in [0.5, 0.6) is 5.75 Å². The second-order valence-electron chi connectivity index (χ2n) is 15.3. The van der Waals surface area contributed by atoms with Gasteiger partial charge in [-0.05, 0) is 105 Å². The highest BCUT2D eigenvalue weighted by atomic mass is 35.5.